The maximum absolute atomic E-state index is 12.1. The van der Waals surface area contributed by atoms with Gasteiger partial charge < -0.3 is 15.3 Å². The van der Waals surface area contributed by atoms with Gasteiger partial charge in [0.1, 0.15) is 0 Å². The van der Waals surface area contributed by atoms with Crippen LogP contribution >= 0.6 is 11.6 Å². The summed E-state index contributed by atoms with van der Waals surface area (Å²) in [6.07, 6.45) is 3.53. The van der Waals surface area contributed by atoms with Crippen molar-refractivity contribution < 1.29 is 9.90 Å². The van der Waals surface area contributed by atoms with Crippen molar-refractivity contribution in [2.24, 2.45) is 0 Å². The fourth-order valence-electron chi connectivity index (χ4n) is 2.77. The van der Waals surface area contributed by atoms with Gasteiger partial charge in [0.05, 0.1) is 28.4 Å². The summed E-state index contributed by atoms with van der Waals surface area (Å²) in [5.74, 6) is -0.167. The number of carbonyl (C=O) groups excluding carboxylic acids is 1. The fourth-order valence-corrected chi connectivity index (χ4v) is 3.12. The molecule has 2 rings (SSSR count). The molecule has 1 aromatic carbocycles. The SMILES string of the molecule is CN(C)c1c(Cl)cccc1NC(=O)CC1(O)CCCC1. The molecule has 0 bridgehead atoms. The summed E-state index contributed by atoms with van der Waals surface area (Å²) in [6.45, 7) is 0. The first kappa shape index (κ1) is 15.1. The molecule has 2 N–H and O–H groups in total. The Hall–Kier alpha value is -1.26. The Balaban J connectivity index is 2.10. The Bertz CT molecular complexity index is 497. The molecule has 1 aliphatic rings. The first-order chi connectivity index (χ1) is 9.41. The number of amides is 1. The molecule has 0 aliphatic heterocycles. The van der Waals surface area contributed by atoms with E-state index in [-0.39, 0.29) is 12.3 Å². The van der Waals surface area contributed by atoms with E-state index in [1.54, 1.807) is 12.1 Å². The van der Waals surface area contributed by atoms with Gasteiger partial charge in [0.25, 0.3) is 0 Å². The Kier molecular flexibility index (Phi) is 4.55. The zero-order chi connectivity index (χ0) is 14.8. The number of nitrogens with one attached hydrogen (secondary N) is 1. The van der Waals surface area contributed by atoms with Crippen LogP contribution in [0, 0.1) is 0 Å². The van der Waals surface area contributed by atoms with Gasteiger partial charge >= 0.3 is 0 Å². The minimum absolute atomic E-state index is 0.145. The molecule has 0 unspecified atom stereocenters. The number of carbonyl (C=O) groups is 1. The molecule has 4 nitrogen and oxygen atoms in total. The summed E-state index contributed by atoms with van der Waals surface area (Å²) in [7, 11) is 3.75. The lowest BCUT2D eigenvalue weighted by Crippen LogP contribution is -2.31. The number of hydrogen-bond donors (Lipinski definition) is 2. The van der Waals surface area contributed by atoms with Crippen LogP contribution in [0.15, 0.2) is 18.2 Å². The molecule has 0 aromatic heterocycles. The number of benzene rings is 1. The second kappa shape index (κ2) is 6.02. The third-order valence-corrected chi connectivity index (χ3v) is 4.04. The Morgan fingerprint density at radius 3 is 2.65 bits per heavy atom. The van der Waals surface area contributed by atoms with Gasteiger partial charge in [-0.25, -0.2) is 0 Å². The van der Waals surface area contributed by atoms with Gasteiger partial charge in [-0.3, -0.25) is 4.79 Å². The summed E-state index contributed by atoms with van der Waals surface area (Å²) in [5, 5.41) is 13.7. The van der Waals surface area contributed by atoms with Crippen molar-refractivity contribution >= 4 is 28.9 Å². The molecule has 0 spiro atoms. The van der Waals surface area contributed by atoms with Gasteiger partial charge in [-0.05, 0) is 25.0 Å². The third kappa shape index (κ3) is 3.44. The van der Waals surface area contributed by atoms with Crippen LogP contribution in [-0.2, 0) is 4.79 Å². The van der Waals surface area contributed by atoms with E-state index in [2.05, 4.69) is 5.32 Å². The molecule has 0 atom stereocenters. The van der Waals surface area contributed by atoms with E-state index in [0.717, 1.165) is 18.5 Å². The number of hydrogen-bond acceptors (Lipinski definition) is 3. The lowest BCUT2D eigenvalue weighted by molar-refractivity contribution is -0.120. The van der Waals surface area contributed by atoms with Crippen molar-refractivity contribution in [2.45, 2.75) is 37.7 Å². The molecule has 0 saturated heterocycles. The Morgan fingerprint density at radius 1 is 1.40 bits per heavy atom. The molecular weight excluding hydrogens is 276 g/mol. The first-order valence-corrected chi connectivity index (χ1v) is 7.27. The van der Waals surface area contributed by atoms with Crippen molar-refractivity contribution in [3.05, 3.63) is 23.2 Å². The maximum atomic E-state index is 12.1. The molecule has 1 aromatic rings. The van der Waals surface area contributed by atoms with Crippen molar-refractivity contribution in [3.63, 3.8) is 0 Å². The lowest BCUT2D eigenvalue weighted by Gasteiger charge is -2.23. The van der Waals surface area contributed by atoms with Crippen molar-refractivity contribution in [1.82, 2.24) is 0 Å². The minimum atomic E-state index is -0.832. The van der Waals surface area contributed by atoms with E-state index >= 15 is 0 Å². The van der Waals surface area contributed by atoms with Crippen molar-refractivity contribution in [3.8, 4) is 0 Å². The number of para-hydroxylation sites is 1. The van der Waals surface area contributed by atoms with Crippen LogP contribution in [0.4, 0.5) is 11.4 Å². The van der Waals surface area contributed by atoms with E-state index in [1.807, 2.05) is 25.1 Å². The predicted molar refractivity (Wildman–Crippen MR) is 82.4 cm³/mol. The van der Waals surface area contributed by atoms with E-state index < -0.39 is 5.60 Å². The van der Waals surface area contributed by atoms with Crippen LogP contribution in [0.2, 0.25) is 5.02 Å². The smallest absolute Gasteiger partial charge is 0.227 e. The zero-order valence-corrected chi connectivity index (χ0v) is 12.7. The second-order valence-corrected chi connectivity index (χ2v) is 6.09. The summed E-state index contributed by atoms with van der Waals surface area (Å²) < 4.78 is 0. The van der Waals surface area contributed by atoms with E-state index in [1.165, 1.54) is 0 Å². The Morgan fingerprint density at radius 2 is 2.05 bits per heavy atom. The predicted octanol–water partition coefficient (Wildman–Crippen LogP) is 3.04. The van der Waals surface area contributed by atoms with Gasteiger partial charge in [0.15, 0.2) is 0 Å². The molecule has 1 aliphatic carbocycles. The largest absolute Gasteiger partial charge is 0.389 e. The molecule has 5 heteroatoms. The van der Waals surface area contributed by atoms with Crippen molar-refractivity contribution in [2.75, 3.05) is 24.3 Å². The average molecular weight is 297 g/mol. The van der Waals surface area contributed by atoms with Crippen LogP contribution in [0.25, 0.3) is 0 Å². The minimum Gasteiger partial charge on any atom is -0.389 e. The quantitative estimate of drug-likeness (QED) is 0.898. The highest BCUT2D eigenvalue weighted by Gasteiger charge is 2.33. The first-order valence-electron chi connectivity index (χ1n) is 6.89. The van der Waals surface area contributed by atoms with Gasteiger partial charge in [-0.1, -0.05) is 30.5 Å². The number of anilines is 2. The Labute approximate surface area is 124 Å². The molecule has 0 heterocycles. The molecule has 110 valence electrons. The average Bonchev–Trinajstić information content (AvgIpc) is 2.74. The molecule has 1 saturated carbocycles. The number of aliphatic hydroxyl groups is 1. The molecule has 1 fully saturated rings. The van der Waals surface area contributed by atoms with E-state index in [4.69, 9.17) is 11.6 Å². The number of nitrogens with zero attached hydrogens (tertiary/aromatic N) is 1. The second-order valence-electron chi connectivity index (χ2n) is 5.69. The zero-order valence-electron chi connectivity index (χ0n) is 11.9. The monoisotopic (exact) mass is 296 g/mol. The van der Waals surface area contributed by atoms with Crippen molar-refractivity contribution in [1.29, 1.82) is 0 Å². The third-order valence-electron chi connectivity index (χ3n) is 3.73. The van der Waals surface area contributed by atoms with Gasteiger partial charge in [-0.15, -0.1) is 0 Å². The summed E-state index contributed by atoms with van der Waals surface area (Å²) >= 11 is 6.16. The van der Waals surface area contributed by atoms with Crippen LogP contribution in [0.5, 0.6) is 0 Å². The van der Waals surface area contributed by atoms with Gasteiger partial charge in [0.2, 0.25) is 5.91 Å². The van der Waals surface area contributed by atoms with E-state index in [0.29, 0.717) is 23.6 Å². The van der Waals surface area contributed by atoms with Crippen LogP contribution < -0.4 is 10.2 Å². The lowest BCUT2D eigenvalue weighted by atomic mass is 9.97. The normalized spacial score (nSPS) is 17.0. The summed E-state index contributed by atoms with van der Waals surface area (Å²) in [6, 6.07) is 5.41. The van der Waals surface area contributed by atoms with Crippen LogP contribution in [0.3, 0.4) is 0 Å². The molecule has 20 heavy (non-hydrogen) atoms. The molecule has 0 radical (unpaired) electrons. The standard InChI is InChI=1S/C15H21ClN2O2/c1-18(2)14-11(16)6-5-7-12(14)17-13(19)10-15(20)8-3-4-9-15/h5-7,20H,3-4,8-10H2,1-2H3,(H,17,19). The highest BCUT2D eigenvalue weighted by atomic mass is 35.5. The summed E-state index contributed by atoms with van der Waals surface area (Å²) in [4.78, 5) is 14.0. The summed E-state index contributed by atoms with van der Waals surface area (Å²) in [5.41, 5.74) is 0.621. The van der Waals surface area contributed by atoms with Gasteiger partial charge in [0, 0.05) is 14.1 Å². The number of rotatable bonds is 4. The fraction of sp³-hybridized carbons (Fsp3) is 0.533. The maximum Gasteiger partial charge on any atom is 0.227 e. The van der Waals surface area contributed by atoms with E-state index in [9.17, 15) is 9.90 Å². The van der Waals surface area contributed by atoms with Gasteiger partial charge in [-0.2, -0.15) is 0 Å². The molecule has 1 amide bonds. The van der Waals surface area contributed by atoms with Crippen LogP contribution in [0.1, 0.15) is 32.1 Å². The highest BCUT2D eigenvalue weighted by molar-refractivity contribution is 6.34. The highest BCUT2D eigenvalue weighted by Crippen LogP contribution is 2.35. The number of halogens is 1. The topological polar surface area (TPSA) is 52.6 Å². The molecular formula is C15H21ClN2O2. The van der Waals surface area contributed by atoms with Crippen LogP contribution in [-0.4, -0.2) is 30.7 Å².